The fourth-order valence-corrected chi connectivity index (χ4v) is 2.77. The van der Waals surface area contributed by atoms with Gasteiger partial charge in [0.2, 0.25) is 11.6 Å². The highest BCUT2D eigenvalue weighted by atomic mass is 16.6. The molecule has 152 valence electrons. The van der Waals surface area contributed by atoms with Crippen molar-refractivity contribution in [1.82, 2.24) is 30.7 Å². The van der Waals surface area contributed by atoms with Crippen LogP contribution in [-0.4, -0.2) is 42.0 Å². The highest BCUT2D eigenvalue weighted by molar-refractivity contribution is 6.02. The number of phenols is 1. The maximum atomic E-state index is 12.7. The van der Waals surface area contributed by atoms with E-state index in [2.05, 4.69) is 35.8 Å². The van der Waals surface area contributed by atoms with Crippen molar-refractivity contribution >= 4 is 17.4 Å². The van der Waals surface area contributed by atoms with Gasteiger partial charge in [-0.25, -0.2) is 10.1 Å². The number of rotatable bonds is 8. The number of hydrogen-bond donors (Lipinski definition) is 3. The summed E-state index contributed by atoms with van der Waals surface area (Å²) < 4.78 is 5.96. The van der Waals surface area contributed by atoms with E-state index in [9.17, 15) is 9.90 Å². The van der Waals surface area contributed by atoms with Crippen molar-refractivity contribution in [3.05, 3.63) is 41.2 Å². The first kappa shape index (κ1) is 20.0. The molecule has 11 nitrogen and oxygen atoms in total. The van der Waals surface area contributed by atoms with Gasteiger partial charge in [0.15, 0.2) is 5.69 Å². The van der Waals surface area contributed by atoms with Crippen LogP contribution in [0.5, 0.6) is 5.75 Å². The van der Waals surface area contributed by atoms with Gasteiger partial charge in [-0.05, 0) is 53.0 Å². The Kier molecular flexibility index (Phi) is 6.17. The second-order valence-electron chi connectivity index (χ2n) is 6.32. The van der Waals surface area contributed by atoms with Crippen LogP contribution < -0.4 is 11.2 Å². The number of nitrogens with two attached hydrogens (primary N) is 1. The lowest BCUT2D eigenvalue weighted by molar-refractivity contribution is 0.0948. The summed E-state index contributed by atoms with van der Waals surface area (Å²) >= 11 is 0. The predicted octanol–water partition coefficient (Wildman–Crippen LogP) is 1.82. The van der Waals surface area contributed by atoms with Crippen LogP contribution in [0.3, 0.4) is 0 Å². The second kappa shape index (κ2) is 8.95. The summed E-state index contributed by atoms with van der Waals surface area (Å²) in [6.45, 7) is 3.98. The second-order valence-corrected chi connectivity index (χ2v) is 6.32. The van der Waals surface area contributed by atoms with Crippen molar-refractivity contribution in [2.75, 3.05) is 5.73 Å². The molecule has 3 rings (SSSR count). The number of carbonyl (C=O) groups excluding carboxylic acids is 1. The molecule has 0 saturated heterocycles. The van der Waals surface area contributed by atoms with Gasteiger partial charge < -0.3 is 10.8 Å². The third-order valence-electron chi connectivity index (χ3n) is 4.14. The number of nitrogen functional groups attached to an aromatic ring is 1. The Morgan fingerprint density at radius 2 is 2.00 bits per heavy atom. The lowest BCUT2D eigenvalue weighted by atomic mass is 10.1. The lowest BCUT2D eigenvalue weighted by Gasteiger charge is -2.07. The first-order valence-corrected chi connectivity index (χ1v) is 9.24. The quantitative estimate of drug-likeness (QED) is 0.383. The Labute approximate surface area is 166 Å². The number of aromatic nitrogens is 5. The maximum Gasteiger partial charge on any atom is 0.293 e. The molecule has 1 aromatic carbocycles. The zero-order chi connectivity index (χ0) is 20.8. The van der Waals surface area contributed by atoms with Crippen LogP contribution in [0.1, 0.15) is 54.9 Å². The number of hydrazone groups is 1. The zero-order valence-electron chi connectivity index (χ0n) is 16.2. The largest absolute Gasteiger partial charge is 0.508 e. The molecule has 0 bridgehead atoms. The number of hydrogen-bond acceptors (Lipinski definition) is 9. The van der Waals surface area contributed by atoms with Crippen LogP contribution >= 0.6 is 0 Å². The normalized spacial score (nSPS) is 11.6. The van der Waals surface area contributed by atoms with Crippen molar-refractivity contribution in [3.8, 4) is 11.6 Å². The topological polar surface area (TPSA) is 157 Å². The van der Waals surface area contributed by atoms with Crippen LogP contribution in [0.4, 0.5) is 5.82 Å². The van der Waals surface area contributed by atoms with E-state index in [1.165, 1.54) is 4.68 Å². The van der Waals surface area contributed by atoms with E-state index in [0.29, 0.717) is 24.2 Å². The summed E-state index contributed by atoms with van der Waals surface area (Å²) in [6, 6.07) is 6.64. The molecule has 0 saturated carbocycles. The molecule has 0 fully saturated rings. The van der Waals surface area contributed by atoms with Crippen LogP contribution in [0.2, 0.25) is 0 Å². The van der Waals surface area contributed by atoms with E-state index in [0.717, 1.165) is 18.4 Å². The molecule has 3 aromatic rings. The summed E-state index contributed by atoms with van der Waals surface area (Å²) in [5.41, 5.74) is 10.4. The Morgan fingerprint density at radius 1 is 1.24 bits per heavy atom. The number of amides is 1. The fourth-order valence-electron chi connectivity index (χ4n) is 2.77. The number of nitrogens with one attached hydrogen (secondary N) is 1. The van der Waals surface area contributed by atoms with Gasteiger partial charge in [-0.3, -0.25) is 4.79 Å². The zero-order valence-corrected chi connectivity index (χ0v) is 16.2. The van der Waals surface area contributed by atoms with Crippen LogP contribution in [-0.2, 0) is 6.42 Å². The van der Waals surface area contributed by atoms with Crippen molar-refractivity contribution in [3.63, 3.8) is 0 Å². The molecule has 0 radical (unpaired) electrons. The molecular formula is C18H22N8O3. The predicted molar refractivity (Wildman–Crippen MR) is 105 cm³/mol. The number of phenolic OH excluding ortho intramolecular Hbond substituents is 1. The van der Waals surface area contributed by atoms with Gasteiger partial charge in [0.05, 0.1) is 11.4 Å². The summed E-state index contributed by atoms with van der Waals surface area (Å²) in [7, 11) is 0. The molecule has 2 aromatic heterocycles. The van der Waals surface area contributed by atoms with Gasteiger partial charge in [0, 0.05) is 0 Å². The van der Waals surface area contributed by atoms with Gasteiger partial charge in [0.25, 0.3) is 5.91 Å². The summed E-state index contributed by atoms with van der Waals surface area (Å²) in [4.78, 5) is 12.7. The number of aromatic hydroxyl groups is 1. The van der Waals surface area contributed by atoms with Crippen molar-refractivity contribution < 1.29 is 14.5 Å². The SMILES string of the molecule is CCC/C(=N\NC(=O)c1nnn(-c2nonc2N)c1CCC)c1ccc(O)cc1. The van der Waals surface area contributed by atoms with E-state index in [-0.39, 0.29) is 23.1 Å². The van der Waals surface area contributed by atoms with Gasteiger partial charge in [-0.2, -0.15) is 9.78 Å². The molecule has 0 atom stereocenters. The van der Waals surface area contributed by atoms with Crippen molar-refractivity contribution in [1.29, 1.82) is 0 Å². The summed E-state index contributed by atoms with van der Waals surface area (Å²) in [5, 5.41) is 28.9. The van der Waals surface area contributed by atoms with Gasteiger partial charge >= 0.3 is 0 Å². The van der Waals surface area contributed by atoms with Crippen LogP contribution in [0.15, 0.2) is 34.0 Å². The average molecular weight is 398 g/mol. The molecule has 0 aliphatic carbocycles. The molecule has 0 unspecified atom stereocenters. The minimum absolute atomic E-state index is 0.0507. The van der Waals surface area contributed by atoms with Crippen LogP contribution in [0, 0.1) is 0 Å². The minimum Gasteiger partial charge on any atom is -0.508 e. The van der Waals surface area contributed by atoms with E-state index in [1.807, 2.05) is 13.8 Å². The first-order valence-electron chi connectivity index (χ1n) is 9.24. The average Bonchev–Trinajstić information content (AvgIpc) is 3.32. The van der Waals surface area contributed by atoms with Gasteiger partial charge in [0.1, 0.15) is 5.75 Å². The van der Waals surface area contributed by atoms with Crippen molar-refractivity contribution in [2.24, 2.45) is 5.10 Å². The van der Waals surface area contributed by atoms with Crippen LogP contribution in [0.25, 0.3) is 5.82 Å². The number of nitrogens with zero attached hydrogens (tertiary/aromatic N) is 6. The Hall–Kier alpha value is -3.76. The molecule has 0 aliphatic rings. The Morgan fingerprint density at radius 3 is 2.62 bits per heavy atom. The van der Waals surface area contributed by atoms with Crippen molar-refractivity contribution in [2.45, 2.75) is 39.5 Å². The molecule has 11 heteroatoms. The summed E-state index contributed by atoms with van der Waals surface area (Å²) in [5.74, 6) is -0.104. The van der Waals surface area contributed by atoms with E-state index in [4.69, 9.17) is 5.73 Å². The van der Waals surface area contributed by atoms with E-state index in [1.54, 1.807) is 24.3 Å². The minimum atomic E-state index is -0.498. The molecule has 0 spiro atoms. The summed E-state index contributed by atoms with van der Waals surface area (Å²) in [6.07, 6.45) is 2.76. The number of carbonyl (C=O) groups is 1. The smallest absolute Gasteiger partial charge is 0.293 e. The Bertz CT molecular complexity index is 1010. The van der Waals surface area contributed by atoms with Gasteiger partial charge in [-0.1, -0.05) is 31.9 Å². The number of benzene rings is 1. The molecular weight excluding hydrogens is 376 g/mol. The maximum absolute atomic E-state index is 12.7. The molecule has 0 aliphatic heterocycles. The fraction of sp³-hybridized carbons (Fsp3) is 0.333. The molecule has 29 heavy (non-hydrogen) atoms. The third-order valence-corrected chi connectivity index (χ3v) is 4.14. The first-order chi connectivity index (χ1) is 14.0. The van der Waals surface area contributed by atoms with E-state index < -0.39 is 5.91 Å². The molecule has 1 amide bonds. The highest BCUT2D eigenvalue weighted by Gasteiger charge is 2.23. The van der Waals surface area contributed by atoms with Gasteiger partial charge in [-0.15, -0.1) is 5.10 Å². The lowest BCUT2D eigenvalue weighted by Crippen LogP contribution is -2.22. The highest BCUT2D eigenvalue weighted by Crippen LogP contribution is 2.17. The van der Waals surface area contributed by atoms with E-state index >= 15 is 0 Å². The molecule has 4 N–H and O–H groups in total. The molecule has 2 heterocycles. The monoisotopic (exact) mass is 398 g/mol. The standard InChI is InChI=1S/C18H22N8O3/c1-3-5-13(11-7-9-12(27)10-8-11)20-22-18(28)15-14(6-4-2)26(25-21-15)17-16(19)23-29-24-17/h7-10,27H,3-6H2,1-2H3,(H2,19,23)(H,22,28)/b20-13+. The third kappa shape index (κ3) is 4.39. The Balaban J connectivity index is 1.87. The number of anilines is 1.